The zero-order valence-electron chi connectivity index (χ0n) is 13.3. The van der Waals surface area contributed by atoms with Crippen molar-refractivity contribution in [3.8, 4) is 0 Å². The number of amides is 1. The van der Waals surface area contributed by atoms with Crippen LogP contribution in [0, 0.1) is 17.3 Å². The molecule has 4 nitrogen and oxygen atoms in total. The van der Waals surface area contributed by atoms with Crippen molar-refractivity contribution in [2.75, 3.05) is 6.54 Å². The van der Waals surface area contributed by atoms with Crippen LogP contribution in [0.2, 0.25) is 0 Å². The summed E-state index contributed by atoms with van der Waals surface area (Å²) in [7, 11) is 0. The molecule has 0 unspecified atom stereocenters. The van der Waals surface area contributed by atoms with Crippen molar-refractivity contribution in [1.29, 1.82) is 0 Å². The number of quaternary nitrogens is 1. The molecule has 0 spiro atoms. The smallest absolute Gasteiger partial charge is 0.275 e. The van der Waals surface area contributed by atoms with Gasteiger partial charge in [0.15, 0.2) is 12.3 Å². The number of nitrogens with two attached hydrogens (primary N) is 1. The van der Waals surface area contributed by atoms with Crippen LogP contribution >= 0.6 is 0 Å². The van der Waals surface area contributed by atoms with E-state index in [4.69, 9.17) is 4.42 Å². The van der Waals surface area contributed by atoms with Crippen LogP contribution in [-0.2, 0) is 11.3 Å². The predicted molar refractivity (Wildman–Crippen MR) is 80.4 cm³/mol. The van der Waals surface area contributed by atoms with Crippen LogP contribution in [-0.4, -0.2) is 18.0 Å². The van der Waals surface area contributed by atoms with Crippen molar-refractivity contribution >= 4 is 5.91 Å². The summed E-state index contributed by atoms with van der Waals surface area (Å²) in [5, 5.41) is 5.35. The number of hydrogen-bond donors (Lipinski definition) is 2. The lowest BCUT2D eigenvalue weighted by Gasteiger charge is -2.48. The van der Waals surface area contributed by atoms with Crippen LogP contribution in [0.5, 0.6) is 0 Å². The van der Waals surface area contributed by atoms with Crippen LogP contribution in [0.3, 0.4) is 0 Å². The molecule has 1 aromatic heterocycles. The Kier molecular flexibility index (Phi) is 3.60. The summed E-state index contributed by atoms with van der Waals surface area (Å²) >= 11 is 0. The van der Waals surface area contributed by atoms with Crippen molar-refractivity contribution in [1.82, 2.24) is 5.32 Å². The fourth-order valence-electron chi connectivity index (χ4n) is 4.49. The molecule has 2 aliphatic rings. The summed E-state index contributed by atoms with van der Waals surface area (Å²) in [5.41, 5.74) is 0.151. The SMILES string of the molecule is CC1(C)[C@@H]2CC[C@@H](C2)[C@@]1(C)NC(=O)C[NH2+]Cc1ccco1. The number of hydrogen-bond acceptors (Lipinski definition) is 2. The van der Waals surface area contributed by atoms with Crippen LogP contribution < -0.4 is 10.6 Å². The first-order chi connectivity index (χ1) is 9.93. The first-order valence-electron chi connectivity index (χ1n) is 8.08. The van der Waals surface area contributed by atoms with E-state index in [-0.39, 0.29) is 16.9 Å². The second-order valence-electron chi connectivity index (χ2n) is 7.46. The summed E-state index contributed by atoms with van der Waals surface area (Å²) in [6.07, 6.45) is 5.54. The normalized spacial score (nSPS) is 33.3. The molecule has 21 heavy (non-hydrogen) atoms. The number of carbonyl (C=O) groups is 1. The van der Waals surface area contributed by atoms with Crippen molar-refractivity contribution in [2.45, 2.75) is 52.1 Å². The highest BCUT2D eigenvalue weighted by Gasteiger charge is 2.60. The highest BCUT2D eigenvalue weighted by molar-refractivity contribution is 5.77. The molecule has 1 amide bonds. The van der Waals surface area contributed by atoms with Gasteiger partial charge in [-0.3, -0.25) is 4.79 Å². The van der Waals surface area contributed by atoms with Gasteiger partial charge in [-0.25, -0.2) is 0 Å². The van der Waals surface area contributed by atoms with Crippen LogP contribution in [0.25, 0.3) is 0 Å². The maximum Gasteiger partial charge on any atom is 0.275 e. The van der Waals surface area contributed by atoms with E-state index >= 15 is 0 Å². The van der Waals surface area contributed by atoms with Crippen molar-refractivity contribution < 1.29 is 14.5 Å². The van der Waals surface area contributed by atoms with Crippen LogP contribution in [0.4, 0.5) is 0 Å². The Morgan fingerprint density at radius 1 is 1.38 bits per heavy atom. The van der Waals surface area contributed by atoms with Gasteiger partial charge < -0.3 is 15.1 Å². The topological polar surface area (TPSA) is 58.9 Å². The monoisotopic (exact) mass is 291 g/mol. The second-order valence-corrected chi connectivity index (χ2v) is 7.46. The average molecular weight is 291 g/mol. The fourth-order valence-corrected chi connectivity index (χ4v) is 4.49. The molecule has 3 atom stereocenters. The molecule has 1 aromatic rings. The largest absolute Gasteiger partial charge is 0.463 e. The summed E-state index contributed by atoms with van der Waals surface area (Å²) in [6, 6.07) is 3.82. The Morgan fingerprint density at radius 2 is 2.14 bits per heavy atom. The van der Waals surface area contributed by atoms with Gasteiger partial charge in [0.05, 0.1) is 6.26 Å². The molecule has 2 bridgehead atoms. The Balaban J connectivity index is 1.54. The molecule has 116 valence electrons. The molecule has 0 aromatic carbocycles. The third-order valence-corrected chi connectivity index (χ3v) is 6.26. The number of furan rings is 1. The van der Waals surface area contributed by atoms with E-state index in [9.17, 15) is 4.79 Å². The Bertz CT molecular complexity index is 509. The molecule has 4 heteroatoms. The molecule has 1 heterocycles. The van der Waals surface area contributed by atoms with Gasteiger partial charge in [0.2, 0.25) is 0 Å². The van der Waals surface area contributed by atoms with E-state index in [0.717, 1.165) is 11.7 Å². The van der Waals surface area contributed by atoms with Gasteiger partial charge in [-0.1, -0.05) is 13.8 Å². The van der Waals surface area contributed by atoms with Crippen molar-refractivity contribution in [2.24, 2.45) is 17.3 Å². The first-order valence-corrected chi connectivity index (χ1v) is 8.08. The lowest BCUT2D eigenvalue weighted by molar-refractivity contribution is -0.661. The van der Waals surface area contributed by atoms with Gasteiger partial charge >= 0.3 is 0 Å². The van der Waals surface area contributed by atoms with E-state index in [0.29, 0.717) is 19.0 Å². The van der Waals surface area contributed by atoms with Gasteiger partial charge in [-0.2, -0.15) is 0 Å². The van der Waals surface area contributed by atoms with Crippen LogP contribution in [0.15, 0.2) is 22.8 Å². The number of carbonyl (C=O) groups excluding carboxylic acids is 1. The molecule has 3 rings (SSSR count). The quantitative estimate of drug-likeness (QED) is 0.867. The molecule has 0 aliphatic heterocycles. The zero-order chi connectivity index (χ0) is 15.1. The van der Waals surface area contributed by atoms with Gasteiger partial charge in [0.25, 0.3) is 5.91 Å². The van der Waals surface area contributed by atoms with Gasteiger partial charge in [-0.05, 0) is 55.6 Å². The number of nitrogens with one attached hydrogen (secondary N) is 1. The molecule has 3 N–H and O–H groups in total. The zero-order valence-corrected chi connectivity index (χ0v) is 13.3. The van der Waals surface area contributed by atoms with E-state index in [2.05, 4.69) is 26.1 Å². The minimum Gasteiger partial charge on any atom is -0.463 e. The van der Waals surface area contributed by atoms with E-state index in [1.54, 1.807) is 6.26 Å². The Labute approximate surface area is 126 Å². The van der Waals surface area contributed by atoms with Crippen molar-refractivity contribution in [3.05, 3.63) is 24.2 Å². The first kappa shape index (κ1) is 14.6. The average Bonchev–Trinajstić information content (AvgIpc) is 3.11. The highest BCUT2D eigenvalue weighted by Crippen LogP contribution is 2.61. The van der Waals surface area contributed by atoms with E-state index in [1.165, 1.54) is 19.3 Å². The summed E-state index contributed by atoms with van der Waals surface area (Å²) in [6.45, 7) is 8.07. The minimum absolute atomic E-state index is 0.0501. The summed E-state index contributed by atoms with van der Waals surface area (Å²) < 4.78 is 5.28. The van der Waals surface area contributed by atoms with Gasteiger partial charge in [0, 0.05) is 5.54 Å². The lowest BCUT2D eigenvalue weighted by atomic mass is 9.64. The van der Waals surface area contributed by atoms with E-state index < -0.39 is 0 Å². The maximum atomic E-state index is 12.3. The van der Waals surface area contributed by atoms with Crippen molar-refractivity contribution in [3.63, 3.8) is 0 Å². The Morgan fingerprint density at radius 3 is 2.76 bits per heavy atom. The molecule has 0 saturated heterocycles. The Hall–Kier alpha value is -1.29. The van der Waals surface area contributed by atoms with Gasteiger partial charge in [-0.15, -0.1) is 0 Å². The fraction of sp³-hybridized carbons (Fsp3) is 0.706. The second kappa shape index (κ2) is 5.16. The number of rotatable bonds is 5. The summed E-state index contributed by atoms with van der Waals surface area (Å²) in [4.78, 5) is 12.3. The molecule has 0 radical (unpaired) electrons. The summed E-state index contributed by atoms with van der Waals surface area (Å²) in [5.74, 6) is 2.46. The molecular weight excluding hydrogens is 264 g/mol. The third-order valence-electron chi connectivity index (χ3n) is 6.26. The van der Waals surface area contributed by atoms with Crippen LogP contribution in [0.1, 0.15) is 45.8 Å². The predicted octanol–water partition coefficient (Wildman–Crippen LogP) is 1.67. The molecule has 2 saturated carbocycles. The number of fused-ring (bicyclic) bond motifs is 2. The lowest BCUT2D eigenvalue weighted by Crippen LogP contribution is -2.85. The molecular formula is C17H27N2O2+. The standard InChI is InChI=1S/C17H26N2O2/c1-16(2)12-6-7-13(9-12)17(16,3)19-15(20)11-18-10-14-5-4-8-21-14/h4-5,8,12-13,18H,6-7,9-11H2,1-3H3,(H,19,20)/p+1/t12-,13+,17-/m1/s1. The third kappa shape index (κ3) is 2.39. The molecule has 2 fully saturated rings. The van der Waals surface area contributed by atoms with E-state index in [1.807, 2.05) is 17.4 Å². The minimum atomic E-state index is -0.0501. The molecule has 2 aliphatic carbocycles. The highest BCUT2D eigenvalue weighted by atomic mass is 16.3. The maximum absolute atomic E-state index is 12.3. The van der Waals surface area contributed by atoms with Gasteiger partial charge in [0.1, 0.15) is 6.54 Å².